The maximum atomic E-state index is 7.49. The van der Waals surface area contributed by atoms with Crippen molar-refractivity contribution in [1.29, 1.82) is 0 Å². The molecule has 4 fully saturated rings. The van der Waals surface area contributed by atoms with Crippen molar-refractivity contribution in [2.24, 2.45) is 5.92 Å². The average molecular weight is 495 g/mol. The topological polar surface area (TPSA) is 25.4 Å². The van der Waals surface area contributed by atoms with E-state index >= 15 is 0 Å². The molecule has 5 heterocycles. The van der Waals surface area contributed by atoms with Gasteiger partial charge in [-0.05, 0) is 130 Å². The maximum Gasteiger partial charge on any atom is 0.0966 e. The zero-order valence-electron chi connectivity index (χ0n) is 22.5. The second-order valence-corrected chi connectivity index (χ2v) is 13.4. The van der Waals surface area contributed by atoms with Gasteiger partial charge >= 0.3 is 0 Å². The summed E-state index contributed by atoms with van der Waals surface area (Å²) in [5.41, 5.74) is 4.63. The van der Waals surface area contributed by atoms with Crippen LogP contribution in [0.4, 0.5) is 0 Å². The first-order valence-electron chi connectivity index (χ1n) is 15.4. The third-order valence-corrected chi connectivity index (χ3v) is 11.7. The third kappa shape index (κ3) is 3.49. The lowest BCUT2D eigenvalue weighted by Gasteiger charge is -2.50. The zero-order valence-corrected chi connectivity index (χ0v) is 22.5. The van der Waals surface area contributed by atoms with Crippen LogP contribution in [-0.4, -0.2) is 39.2 Å². The number of benzene rings is 1. The van der Waals surface area contributed by atoms with Crippen LogP contribution in [0, 0.1) is 5.92 Å². The Labute approximate surface area is 222 Å². The summed E-state index contributed by atoms with van der Waals surface area (Å²) in [5, 5.41) is 2.57. The molecule has 0 N–H and O–H groups in total. The molecule has 1 aromatic heterocycles. The first-order chi connectivity index (χ1) is 18.1. The van der Waals surface area contributed by atoms with E-state index in [1.807, 2.05) is 12.4 Å². The Morgan fingerprint density at radius 3 is 2.62 bits per heavy atom. The Bertz CT molecular complexity index is 1260. The van der Waals surface area contributed by atoms with Crippen LogP contribution in [0.25, 0.3) is 10.8 Å². The molecular weight excluding hydrogens is 452 g/mol. The predicted molar refractivity (Wildman–Crippen MR) is 150 cm³/mol. The molecule has 2 unspecified atom stereocenters. The van der Waals surface area contributed by atoms with Crippen molar-refractivity contribution in [3.63, 3.8) is 0 Å². The molecule has 3 nitrogen and oxygen atoms in total. The lowest BCUT2D eigenvalue weighted by atomic mass is 9.73. The van der Waals surface area contributed by atoms with Gasteiger partial charge in [0.25, 0.3) is 0 Å². The van der Waals surface area contributed by atoms with Crippen LogP contribution < -0.4 is 0 Å². The monoisotopic (exact) mass is 494 g/mol. The zero-order chi connectivity index (χ0) is 24.6. The Morgan fingerprint density at radius 1 is 0.892 bits per heavy atom. The highest BCUT2D eigenvalue weighted by molar-refractivity contribution is 5.82. The van der Waals surface area contributed by atoms with Gasteiger partial charge in [-0.1, -0.05) is 31.2 Å². The minimum absolute atomic E-state index is 0.0232. The fraction of sp³-hybridized carbons (Fsp3) is 0.618. The summed E-state index contributed by atoms with van der Waals surface area (Å²) in [4.78, 5) is 7.35. The maximum absolute atomic E-state index is 7.49. The number of rotatable bonds is 2. The number of aromatic nitrogens is 1. The van der Waals surface area contributed by atoms with Gasteiger partial charge in [0, 0.05) is 35.9 Å². The number of hydrogen-bond acceptors (Lipinski definition) is 3. The van der Waals surface area contributed by atoms with Gasteiger partial charge in [0.15, 0.2) is 0 Å². The number of allylic oxidation sites excluding steroid dienone is 1. The van der Waals surface area contributed by atoms with Crippen molar-refractivity contribution in [2.45, 2.75) is 126 Å². The van der Waals surface area contributed by atoms with E-state index in [-0.39, 0.29) is 11.2 Å². The Kier molecular flexibility index (Phi) is 5.28. The average Bonchev–Trinajstić information content (AvgIpc) is 3.63. The Balaban J connectivity index is 1.07. The quantitative estimate of drug-likeness (QED) is 0.425. The summed E-state index contributed by atoms with van der Waals surface area (Å²) >= 11 is 0. The summed E-state index contributed by atoms with van der Waals surface area (Å²) < 4.78 is 7.49. The van der Waals surface area contributed by atoms with Crippen LogP contribution in [0.3, 0.4) is 0 Å². The van der Waals surface area contributed by atoms with Gasteiger partial charge in [0.2, 0.25) is 0 Å². The highest BCUT2D eigenvalue weighted by atomic mass is 16.5. The SMILES string of the molecule is C[C@H]1CCC(c2ccc3ccncc3c2)CC/C=C2/C=C3CCC(N4C5CCC4CC5)C[C@]34CC[C@@]21O4. The fourth-order valence-corrected chi connectivity index (χ4v) is 9.71. The van der Waals surface area contributed by atoms with Crippen molar-refractivity contribution in [3.8, 4) is 0 Å². The minimum atomic E-state index is -0.0580. The van der Waals surface area contributed by atoms with E-state index in [0.717, 1.165) is 24.5 Å². The molecule has 2 spiro atoms. The van der Waals surface area contributed by atoms with Gasteiger partial charge in [0.1, 0.15) is 0 Å². The van der Waals surface area contributed by atoms with E-state index < -0.39 is 0 Å². The molecule has 0 amide bonds. The highest BCUT2D eigenvalue weighted by Crippen LogP contribution is 2.60. The second kappa shape index (κ2) is 8.52. The number of fused-ring (bicyclic) bond motifs is 3. The lowest BCUT2D eigenvalue weighted by molar-refractivity contribution is -0.118. The molecular formula is C34H42N2O. The van der Waals surface area contributed by atoms with Gasteiger partial charge in [-0.3, -0.25) is 9.88 Å². The van der Waals surface area contributed by atoms with E-state index in [9.17, 15) is 0 Å². The van der Waals surface area contributed by atoms with Crippen molar-refractivity contribution >= 4 is 10.8 Å². The molecule has 0 radical (unpaired) electrons. The molecule has 8 rings (SSSR count). The molecule has 37 heavy (non-hydrogen) atoms. The summed E-state index contributed by atoms with van der Waals surface area (Å²) in [6.07, 6.45) is 26.1. The van der Waals surface area contributed by atoms with Crippen LogP contribution in [0.2, 0.25) is 0 Å². The highest BCUT2D eigenvalue weighted by Gasteiger charge is 2.60. The standard InChI is InChI=1S/C34H42N2O/c1-23-5-6-24(26-8-7-25-15-18-35-22-27(25)19-26)3-2-4-29-20-28-9-10-32(36-30-11-12-31(36)14-13-30)21-33(28)16-17-34(23,29)37-33/h4,7-8,15,18-20,22-24,30-32H,2-3,5-6,9-14,16-17,21H2,1H3/b29-4-/t23-,24?,30?,31?,32?,33+,34-/m0/s1. The van der Waals surface area contributed by atoms with E-state index in [4.69, 9.17) is 4.74 Å². The molecule has 4 bridgehead atoms. The predicted octanol–water partition coefficient (Wildman–Crippen LogP) is 7.86. The van der Waals surface area contributed by atoms with Crippen molar-refractivity contribution in [2.75, 3.05) is 0 Å². The van der Waals surface area contributed by atoms with Gasteiger partial charge < -0.3 is 4.74 Å². The fourth-order valence-electron chi connectivity index (χ4n) is 9.71. The third-order valence-electron chi connectivity index (χ3n) is 11.7. The van der Waals surface area contributed by atoms with Crippen LogP contribution in [0.5, 0.6) is 0 Å². The van der Waals surface area contributed by atoms with Gasteiger partial charge in [-0.25, -0.2) is 0 Å². The lowest BCUT2D eigenvalue weighted by Crippen LogP contribution is -2.52. The summed E-state index contributed by atoms with van der Waals surface area (Å²) in [5.74, 6) is 1.17. The molecule has 2 aromatic rings. The molecule has 2 aliphatic carbocycles. The number of pyridine rings is 1. The van der Waals surface area contributed by atoms with Crippen LogP contribution in [0.15, 0.2) is 60.0 Å². The number of nitrogens with zero attached hydrogens (tertiary/aromatic N) is 2. The normalized spacial score (nSPS) is 42.8. The largest absolute Gasteiger partial charge is 0.359 e. The van der Waals surface area contributed by atoms with Gasteiger partial charge in [-0.15, -0.1) is 0 Å². The number of hydrogen-bond donors (Lipinski definition) is 0. The van der Waals surface area contributed by atoms with Crippen LogP contribution in [-0.2, 0) is 4.74 Å². The minimum Gasteiger partial charge on any atom is -0.359 e. The van der Waals surface area contributed by atoms with Crippen LogP contribution >= 0.6 is 0 Å². The molecule has 1 saturated carbocycles. The second-order valence-electron chi connectivity index (χ2n) is 13.4. The molecule has 3 saturated heterocycles. The van der Waals surface area contributed by atoms with E-state index in [0.29, 0.717) is 11.8 Å². The van der Waals surface area contributed by atoms with E-state index in [1.165, 1.54) is 99.0 Å². The molecule has 6 aliphatic rings. The Morgan fingerprint density at radius 2 is 1.76 bits per heavy atom. The summed E-state index contributed by atoms with van der Waals surface area (Å²) in [7, 11) is 0. The van der Waals surface area contributed by atoms with Crippen molar-refractivity contribution in [1.82, 2.24) is 9.88 Å². The molecule has 194 valence electrons. The van der Waals surface area contributed by atoms with Crippen molar-refractivity contribution < 1.29 is 4.74 Å². The van der Waals surface area contributed by atoms with E-state index in [2.05, 4.69) is 53.2 Å². The first kappa shape index (κ1) is 23.0. The summed E-state index contributed by atoms with van der Waals surface area (Å²) in [6.45, 7) is 2.50. The molecule has 1 aromatic carbocycles. The summed E-state index contributed by atoms with van der Waals surface area (Å²) in [6, 6.07) is 11.7. The Hall–Kier alpha value is -1.97. The van der Waals surface area contributed by atoms with Gasteiger partial charge in [0.05, 0.1) is 11.2 Å². The smallest absolute Gasteiger partial charge is 0.0966 e. The van der Waals surface area contributed by atoms with E-state index in [1.54, 1.807) is 5.57 Å². The van der Waals surface area contributed by atoms with Crippen LogP contribution in [0.1, 0.15) is 102 Å². The first-order valence-corrected chi connectivity index (χ1v) is 15.4. The molecule has 3 heteroatoms. The molecule has 4 aliphatic heterocycles. The van der Waals surface area contributed by atoms with Gasteiger partial charge in [-0.2, -0.15) is 0 Å². The number of ether oxygens (including phenoxy) is 1. The molecule has 5 atom stereocenters. The van der Waals surface area contributed by atoms with Crippen molar-refractivity contribution in [3.05, 3.63) is 65.5 Å².